The highest BCUT2D eigenvalue weighted by Crippen LogP contribution is 2.40. The molecule has 98 valence electrons. The second kappa shape index (κ2) is 5.09. The van der Waals surface area contributed by atoms with Crippen LogP contribution in [0.3, 0.4) is 0 Å². The molecular weight excluding hydrogens is 210 g/mol. The average Bonchev–Trinajstić information content (AvgIpc) is 3.15. The lowest BCUT2D eigenvalue weighted by Crippen LogP contribution is -2.43. The van der Waals surface area contributed by atoms with E-state index in [-0.39, 0.29) is 5.41 Å². The summed E-state index contributed by atoms with van der Waals surface area (Å²) in [6, 6.07) is 0.658. The molecule has 0 aromatic rings. The van der Waals surface area contributed by atoms with Crippen LogP contribution in [0.25, 0.3) is 0 Å². The highest BCUT2D eigenvalue weighted by atomic mass is 16.1. The van der Waals surface area contributed by atoms with Gasteiger partial charge in [-0.3, -0.25) is 0 Å². The fourth-order valence-corrected chi connectivity index (χ4v) is 3.23. The maximum atomic E-state index is 11.5. The maximum Gasteiger partial charge on any atom is 0.127 e. The SMILES string of the molecule is CC1CCC(C=O)(CN(C)C(C)C2CC2)CC1. The summed E-state index contributed by atoms with van der Waals surface area (Å²) in [4.78, 5) is 13.9. The third-order valence-corrected chi connectivity index (χ3v) is 5.08. The molecule has 1 atom stereocenters. The molecule has 2 aliphatic rings. The lowest BCUT2D eigenvalue weighted by atomic mass is 9.71. The van der Waals surface area contributed by atoms with Crippen LogP contribution in [0.1, 0.15) is 52.4 Å². The molecular formula is C15H27NO. The Bertz CT molecular complexity index is 264. The molecule has 0 aromatic carbocycles. The fraction of sp³-hybridized carbons (Fsp3) is 0.933. The van der Waals surface area contributed by atoms with Gasteiger partial charge in [-0.15, -0.1) is 0 Å². The van der Waals surface area contributed by atoms with Gasteiger partial charge in [0.1, 0.15) is 6.29 Å². The monoisotopic (exact) mass is 237 g/mol. The zero-order chi connectivity index (χ0) is 12.5. The molecule has 0 N–H and O–H groups in total. The smallest absolute Gasteiger partial charge is 0.127 e. The van der Waals surface area contributed by atoms with E-state index in [0.717, 1.165) is 31.2 Å². The average molecular weight is 237 g/mol. The molecule has 0 radical (unpaired) electrons. The molecule has 0 aromatic heterocycles. The van der Waals surface area contributed by atoms with Crippen molar-refractivity contribution in [1.29, 1.82) is 0 Å². The Morgan fingerprint density at radius 2 is 1.88 bits per heavy atom. The molecule has 2 heteroatoms. The summed E-state index contributed by atoms with van der Waals surface area (Å²) in [7, 11) is 2.20. The predicted molar refractivity (Wildman–Crippen MR) is 70.9 cm³/mol. The van der Waals surface area contributed by atoms with Crippen molar-refractivity contribution in [3.63, 3.8) is 0 Å². The van der Waals surface area contributed by atoms with Gasteiger partial charge in [0, 0.05) is 18.0 Å². The molecule has 0 bridgehead atoms. The zero-order valence-corrected chi connectivity index (χ0v) is 11.6. The Balaban J connectivity index is 1.91. The molecule has 0 saturated heterocycles. The molecule has 1 unspecified atom stereocenters. The first-order valence-electron chi connectivity index (χ1n) is 7.23. The maximum absolute atomic E-state index is 11.5. The van der Waals surface area contributed by atoms with Gasteiger partial charge in [0.15, 0.2) is 0 Å². The Morgan fingerprint density at radius 3 is 2.35 bits per heavy atom. The Kier molecular flexibility index (Phi) is 3.92. The molecule has 2 rings (SSSR count). The van der Waals surface area contributed by atoms with E-state index < -0.39 is 0 Å². The van der Waals surface area contributed by atoms with E-state index in [4.69, 9.17) is 0 Å². The standard InChI is InChI=1S/C15H27NO/c1-12-6-8-15(11-17,9-7-12)10-16(3)13(2)14-4-5-14/h11-14H,4-10H2,1-3H3. The van der Waals surface area contributed by atoms with Crippen LogP contribution in [-0.2, 0) is 4.79 Å². The largest absolute Gasteiger partial charge is 0.303 e. The number of carbonyl (C=O) groups excluding carboxylic acids is 1. The van der Waals surface area contributed by atoms with Gasteiger partial charge in [-0.2, -0.15) is 0 Å². The summed E-state index contributed by atoms with van der Waals surface area (Å²) in [5, 5.41) is 0. The number of rotatable bonds is 5. The number of hydrogen-bond donors (Lipinski definition) is 0. The molecule has 2 nitrogen and oxygen atoms in total. The number of nitrogens with zero attached hydrogens (tertiary/aromatic N) is 1. The first kappa shape index (κ1) is 13.1. The third kappa shape index (κ3) is 3.09. The van der Waals surface area contributed by atoms with E-state index in [1.165, 1.54) is 32.0 Å². The minimum atomic E-state index is -0.0373. The van der Waals surface area contributed by atoms with Crippen LogP contribution in [0.2, 0.25) is 0 Å². The van der Waals surface area contributed by atoms with Crippen molar-refractivity contribution in [2.24, 2.45) is 17.3 Å². The number of carbonyl (C=O) groups is 1. The summed E-state index contributed by atoms with van der Waals surface area (Å²) < 4.78 is 0. The second-order valence-electron chi connectivity index (χ2n) is 6.66. The van der Waals surface area contributed by atoms with Crippen molar-refractivity contribution in [3.05, 3.63) is 0 Å². The summed E-state index contributed by atoms with van der Waals surface area (Å²) in [5.41, 5.74) is -0.0373. The minimum Gasteiger partial charge on any atom is -0.303 e. The topological polar surface area (TPSA) is 20.3 Å². The van der Waals surface area contributed by atoms with Gasteiger partial charge in [-0.25, -0.2) is 0 Å². The van der Waals surface area contributed by atoms with Gasteiger partial charge in [0.25, 0.3) is 0 Å². The van der Waals surface area contributed by atoms with E-state index in [0.29, 0.717) is 6.04 Å². The molecule has 0 amide bonds. The first-order chi connectivity index (χ1) is 8.06. The molecule has 0 aliphatic heterocycles. The Morgan fingerprint density at radius 1 is 1.29 bits per heavy atom. The highest BCUT2D eigenvalue weighted by molar-refractivity contribution is 5.60. The summed E-state index contributed by atoms with van der Waals surface area (Å²) in [6.07, 6.45) is 8.68. The summed E-state index contributed by atoms with van der Waals surface area (Å²) in [6.45, 7) is 5.60. The van der Waals surface area contributed by atoms with Crippen molar-refractivity contribution in [1.82, 2.24) is 4.90 Å². The van der Waals surface area contributed by atoms with E-state index >= 15 is 0 Å². The van der Waals surface area contributed by atoms with Crippen LogP contribution in [0.15, 0.2) is 0 Å². The van der Waals surface area contributed by atoms with E-state index in [1.54, 1.807) is 0 Å². The number of hydrogen-bond acceptors (Lipinski definition) is 2. The highest BCUT2D eigenvalue weighted by Gasteiger charge is 2.38. The molecule has 2 saturated carbocycles. The van der Waals surface area contributed by atoms with Gasteiger partial charge >= 0.3 is 0 Å². The van der Waals surface area contributed by atoms with Crippen LogP contribution in [0, 0.1) is 17.3 Å². The fourth-order valence-electron chi connectivity index (χ4n) is 3.23. The number of aldehydes is 1. The molecule has 0 spiro atoms. The normalized spacial score (nSPS) is 35.9. The lowest BCUT2D eigenvalue weighted by Gasteiger charge is -2.39. The summed E-state index contributed by atoms with van der Waals surface area (Å²) in [5.74, 6) is 1.71. The Labute approximate surface area is 106 Å². The van der Waals surface area contributed by atoms with Crippen LogP contribution in [-0.4, -0.2) is 30.8 Å². The first-order valence-corrected chi connectivity index (χ1v) is 7.23. The van der Waals surface area contributed by atoms with Gasteiger partial charge in [-0.1, -0.05) is 6.92 Å². The van der Waals surface area contributed by atoms with Crippen LogP contribution < -0.4 is 0 Å². The zero-order valence-electron chi connectivity index (χ0n) is 11.6. The minimum absolute atomic E-state index is 0.0373. The molecule has 2 aliphatic carbocycles. The van der Waals surface area contributed by atoms with E-state index in [1.807, 2.05) is 0 Å². The third-order valence-electron chi connectivity index (χ3n) is 5.08. The van der Waals surface area contributed by atoms with Crippen LogP contribution >= 0.6 is 0 Å². The van der Waals surface area contributed by atoms with Crippen molar-refractivity contribution in [2.75, 3.05) is 13.6 Å². The Hall–Kier alpha value is -0.370. The van der Waals surface area contributed by atoms with Crippen molar-refractivity contribution >= 4 is 6.29 Å². The quantitative estimate of drug-likeness (QED) is 0.685. The molecule has 0 heterocycles. The molecule has 2 fully saturated rings. The van der Waals surface area contributed by atoms with Crippen LogP contribution in [0.5, 0.6) is 0 Å². The predicted octanol–water partition coefficient (Wildman–Crippen LogP) is 3.11. The van der Waals surface area contributed by atoms with Gasteiger partial charge in [0.05, 0.1) is 0 Å². The van der Waals surface area contributed by atoms with Crippen LogP contribution in [0.4, 0.5) is 0 Å². The van der Waals surface area contributed by atoms with Gasteiger partial charge in [0.2, 0.25) is 0 Å². The van der Waals surface area contributed by atoms with Gasteiger partial charge < -0.3 is 9.69 Å². The van der Waals surface area contributed by atoms with E-state index in [9.17, 15) is 4.79 Å². The van der Waals surface area contributed by atoms with Crippen molar-refractivity contribution < 1.29 is 4.79 Å². The summed E-state index contributed by atoms with van der Waals surface area (Å²) >= 11 is 0. The lowest BCUT2D eigenvalue weighted by molar-refractivity contribution is -0.119. The van der Waals surface area contributed by atoms with Gasteiger partial charge in [-0.05, 0) is 64.3 Å². The van der Waals surface area contributed by atoms with Crippen molar-refractivity contribution in [3.8, 4) is 0 Å². The van der Waals surface area contributed by atoms with E-state index in [2.05, 4.69) is 25.8 Å². The van der Waals surface area contributed by atoms with Crippen molar-refractivity contribution in [2.45, 2.75) is 58.4 Å². The molecule has 17 heavy (non-hydrogen) atoms. The second-order valence-corrected chi connectivity index (χ2v) is 6.66.